The highest BCUT2D eigenvalue weighted by molar-refractivity contribution is 5.10. The fourth-order valence-corrected chi connectivity index (χ4v) is 2.99. The highest BCUT2D eigenvalue weighted by Gasteiger charge is 2.27. The van der Waals surface area contributed by atoms with E-state index in [1.54, 1.807) is 0 Å². The van der Waals surface area contributed by atoms with Gasteiger partial charge in [0, 0.05) is 24.8 Å². The number of aromatic nitrogens is 2. The number of nitrogens with two attached hydrogens (primary N) is 1. The molecule has 1 aliphatic carbocycles. The Hall–Kier alpha value is -1.13. The zero-order valence-electron chi connectivity index (χ0n) is 10.7. The molecule has 1 aromatic heterocycles. The van der Waals surface area contributed by atoms with Crippen LogP contribution in [0.1, 0.15) is 43.5 Å². The second-order valence-electron chi connectivity index (χ2n) is 5.31. The number of imidazole rings is 1. The topological polar surface area (TPSA) is 53.1 Å². The van der Waals surface area contributed by atoms with Gasteiger partial charge in [0.1, 0.15) is 0 Å². The largest absolute Gasteiger partial charge is 0.381 e. The van der Waals surface area contributed by atoms with Gasteiger partial charge in [0.15, 0.2) is 0 Å². The molecule has 98 valence electrons. The summed E-state index contributed by atoms with van der Waals surface area (Å²) < 4.78 is 7.73. The van der Waals surface area contributed by atoms with Crippen LogP contribution in [0.4, 0.5) is 0 Å². The van der Waals surface area contributed by atoms with Crippen LogP contribution < -0.4 is 5.73 Å². The molecule has 1 aromatic rings. The van der Waals surface area contributed by atoms with E-state index in [1.165, 1.54) is 12.1 Å². The number of rotatable bonds is 3. The van der Waals surface area contributed by atoms with E-state index in [0.717, 1.165) is 32.5 Å². The van der Waals surface area contributed by atoms with Crippen LogP contribution in [0.25, 0.3) is 0 Å². The molecular weight excluding hydrogens is 226 g/mol. The lowest BCUT2D eigenvalue weighted by Crippen LogP contribution is -2.26. The van der Waals surface area contributed by atoms with Gasteiger partial charge in [0.2, 0.25) is 0 Å². The Bertz CT molecular complexity index is 420. The summed E-state index contributed by atoms with van der Waals surface area (Å²) in [6.07, 6.45) is 12.9. The number of hydrogen-bond acceptors (Lipinski definition) is 3. The summed E-state index contributed by atoms with van der Waals surface area (Å²) >= 11 is 0. The second-order valence-corrected chi connectivity index (χ2v) is 5.31. The molecule has 2 aliphatic rings. The molecule has 3 unspecified atom stereocenters. The predicted octanol–water partition coefficient (Wildman–Crippen LogP) is 2.20. The molecule has 2 N–H and O–H groups in total. The maximum absolute atomic E-state index is 6.39. The number of ether oxygens (including phenoxy) is 1. The van der Waals surface area contributed by atoms with Crippen molar-refractivity contribution in [2.45, 2.75) is 37.8 Å². The van der Waals surface area contributed by atoms with Crippen molar-refractivity contribution < 1.29 is 4.74 Å². The summed E-state index contributed by atoms with van der Waals surface area (Å²) in [5.41, 5.74) is 7.57. The Morgan fingerprint density at radius 2 is 2.33 bits per heavy atom. The summed E-state index contributed by atoms with van der Waals surface area (Å²) in [5.74, 6) is 0.444. The van der Waals surface area contributed by atoms with Gasteiger partial charge in [-0.3, -0.25) is 0 Å². The van der Waals surface area contributed by atoms with E-state index in [4.69, 9.17) is 10.5 Å². The van der Waals surface area contributed by atoms with Crippen LogP contribution in [-0.2, 0) is 4.74 Å². The highest BCUT2D eigenvalue weighted by Crippen LogP contribution is 2.31. The predicted molar refractivity (Wildman–Crippen MR) is 70.1 cm³/mol. The standard InChI is InChI=1S/C14H21N3O/c15-14(11-6-7-18-9-11)13-8-16-10-17(13)12-4-2-1-3-5-12/h1-2,8,10-12,14H,3-7,9,15H2. The number of hydrogen-bond donors (Lipinski definition) is 1. The molecule has 0 aromatic carbocycles. The van der Waals surface area contributed by atoms with Gasteiger partial charge in [-0.15, -0.1) is 0 Å². The molecule has 18 heavy (non-hydrogen) atoms. The van der Waals surface area contributed by atoms with Crippen molar-refractivity contribution in [3.63, 3.8) is 0 Å². The first-order valence-electron chi connectivity index (χ1n) is 6.86. The molecule has 3 atom stereocenters. The fourth-order valence-electron chi connectivity index (χ4n) is 2.99. The van der Waals surface area contributed by atoms with E-state index in [-0.39, 0.29) is 6.04 Å². The molecule has 0 bridgehead atoms. The molecule has 1 saturated heterocycles. The lowest BCUT2D eigenvalue weighted by atomic mass is 9.95. The Morgan fingerprint density at radius 3 is 3.06 bits per heavy atom. The van der Waals surface area contributed by atoms with Gasteiger partial charge < -0.3 is 15.0 Å². The van der Waals surface area contributed by atoms with Gasteiger partial charge in [0.05, 0.1) is 24.7 Å². The second kappa shape index (κ2) is 5.24. The quantitative estimate of drug-likeness (QED) is 0.833. The number of allylic oxidation sites excluding steroid dienone is 2. The third kappa shape index (κ3) is 2.22. The maximum Gasteiger partial charge on any atom is 0.0951 e. The van der Waals surface area contributed by atoms with Crippen LogP contribution >= 0.6 is 0 Å². The summed E-state index contributed by atoms with van der Waals surface area (Å²) in [6, 6.07) is 0.585. The molecule has 0 saturated carbocycles. The SMILES string of the molecule is NC(c1cncn1C1CC=CCC1)C1CCOC1. The van der Waals surface area contributed by atoms with E-state index >= 15 is 0 Å². The first-order valence-corrected chi connectivity index (χ1v) is 6.86. The minimum atomic E-state index is 0.0564. The molecule has 1 fully saturated rings. The zero-order chi connectivity index (χ0) is 12.4. The average Bonchev–Trinajstić information content (AvgIpc) is 3.10. The zero-order valence-corrected chi connectivity index (χ0v) is 10.7. The van der Waals surface area contributed by atoms with Crippen molar-refractivity contribution in [1.82, 2.24) is 9.55 Å². The third-order valence-electron chi connectivity index (χ3n) is 4.15. The lowest BCUT2D eigenvalue weighted by Gasteiger charge is -2.25. The first kappa shape index (κ1) is 11.9. The Labute approximate surface area is 108 Å². The summed E-state index contributed by atoms with van der Waals surface area (Å²) in [5, 5.41) is 0. The minimum Gasteiger partial charge on any atom is -0.381 e. The highest BCUT2D eigenvalue weighted by atomic mass is 16.5. The molecule has 0 radical (unpaired) electrons. The number of nitrogens with zero attached hydrogens (tertiary/aromatic N) is 2. The molecule has 1 aliphatic heterocycles. The van der Waals surface area contributed by atoms with Crippen molar-refractivity contribution in [2.24, 2.45) is 11.7 Å². The minimum absolute atomic E-state index is 0.0564. The van der Waals surface area contributed by atoms with Gasteiger partial charge in [0.25, 0.3) is 0 Å². The van der Waals surface area contributed by atoms with Gasteiger partial charge in [-0.1, -0.05) is 12.2 Å². The van der Waals surface area contributed by atoms with Crippen molar-refractivity contribution >= 4 is 0 Å². The Balaban J connectivity index is 1.79. The molecule has 4 heteroatoms. The Kier molecular flexibility index (Phi) is 3.48. The molecular formula is C14H21N3O. The maximum atomic E-state index is 6.39. The van der Waals surface area contributed by atoms with E-state index in [0.29, 0.717) is 12.0 Å². The lowest BCUT2D eigenvalue weighted by molar-refractivity contribution is 0.180. The van der Waals surface area contributed by atoms with Crippen LogP contribution in [0.15, 0.2) is 24.7 Å². The van der Waals surface area contributed by atoms with Gasteiger partial charge in [-0.05, 0) is 25.7 Å². The molecule has 0 amide bonds. The van der Waals surface area contributed by atoms with Crippen molar-refractivity contribution in [2.75, 3.05) is 13.2 Å². The molecule has 3 rings (SSSR count). The van der Waals surface area contributed by atoms with Crippen molar-refractivity contribution in [1.29, 1.82) is 0 Å². The van der Waals surface area contributed by atoms with Crippen LogP contribution in [0.5, 0.6) is 0 Å². The van der Waals surface area contributed by atoms with Gasteiger partial charge in [-0.2, -0.15) is 0 Å². The normalized spacial score (nSPS) is 29.6. The first-order chi connectivity index (χ1) is 8.86. The summed E-state index contributed by atoms with van der Waals surface area (Å²) in [7, 11) is 0. The summed E-state index contributed by atoms with van der Waals surface area (Å²) in [6.45, 7) is 1.63. The van der Waals surface area contributed by atoms with E-state index in [9.17, 15) is 0 Å². The monoisotopic (exact) mass is 247 g/mol. The molecule has 4 nitrogen and oxygen atoms in total. The smallest absolute Gasteiger partial charge is 0.0951 e. The fraction of sp³-hybridized carbons (Fsp3) is 0.643. The van der Waals surface area contributed by atoms with E-state index in [1.807, 2.05) is 12.5 Å². The van der Waals surface area contributed by atoms with Crippen LogP contribution in [-0.4, -0.2) is 22.8 Å². The third-order valence-corrected chi connectivity index (χ3v) is 4.15. The van der Waals surface area contributed by atoms with Gasteiger partial charge in [-0.25, -0.2) is 4.98 Å². The Morgan fingerprint density at radius 1 is 1.39 bits per heavy atom. The average molecular weight is 247 g/mol. The van der Waals surface area contributed by atoms with E-state index < -0.39 is 0 Å². The molecule has 2 heterocycles. The van der Waals surface area contributed by atoms with E-state index in [2.05, 4.69) is 21.7 Å². The van der Waals surface area contributed by atoms with Crippen molar-refractivity contribution in [3.05, 3.63) is 30.4 Å². The van der Waals surface area contributed by atoms with Crippen LogP contribution in [0.3, 0.4) is 0 Å². The summed E-state index contributed by atoms with van der Waals surface area (Å²) in [4.78, 5) is 4.31. The van der Waals surface area contributed by atoms with Crippen molar-refractivity contribution in [3.8, 4) is 0 Å². The molecule has 0 spiro atoms. The van der Waals surface area contributed by atoms with Crippen LogP contribution in [0.2, 0.25) is 0 Å². The van der Waals surface area contributed by atoms with Gasteiger partial charge >= 0.3 is 0 Å². The van der Waals surface area contributed by atoms with Crippen LogP contribution in [0, 0.1) is 5.92 Å².